The van der Waals surface area contributed by atoms with Gasteiger partial charge in [-0.3, -0.25) is 19.1 Å². The highest BCUT2D eigenvalue weighted by atomic mass is 16.6. The molecule has 1 aliphatic heterocycles. The van der Waals surface area contributed by atoms with E-state index in [0.717, 1.165) is 17.7 Å². The van der Waals surface area contributed by atoms with Crippen LogP contribution < -0.4 is 10.6 Å². The number of amides is 3. The van der Waals surface area contributed by atoms with Gasteiger partial charge in [0.2, 0.25) is 5.78 Å². The second-order valence-electron chi connectivity index (χ2n) is 12.8. The van der Waals surface area contributed by atoms with Crippen molar-refractivity contribution in [2.24, 2.45) is 12.5 Å². The van der Waals surface area contributed by atoms with Gasteiger partial charge in [0.25, 0.3) is 11.8 Å². The van der Waals surface area contributed by atoms with Gasteiger partial charge >= 0.3 is 6.09 Å². The molecule has 3 rings (SSSR count). The van der Waals surface area contributed by atoms with Crippen molar-refractivity contribution in [3.63, 3.8) is 0 Å². The predicted molar refractivity (Wildman–Crippen MR) is 156 cm³/mol. The van der Waals surface area contributed by atoms with Crippen LogP contribution in [0.25, 0.3) is 0 Å². The fourth-order valence-electron chi connectivity index (χ4n) is 4.93. The number of ketones is 1. The summed E-state index contributed by atoms with van der Waals surface area (Å²) in [6.45, 7) is 14.2. The lowest BCUT2D eigenvalue weighted by Gasteiger charge is -2.26. The van der Waals surface area contributed by atoms with E-state index < -0.39 is 30.1 Å². The Balaban J connectivity index is 1.71. The summed E-state index contributed by atoms with van der Waals surface area (Å²) in [5.41, 5.74) is 1.53. The first-order chi connectivity index (χ1) is 19.1. The van der Waals surface area contributed by atoms with Crippen LogP contribution in [0.5, 0.6) is 0 Å². The molecule has 1 unspecified atom stereocenters. The SMILES string of the molecule is CCCC[C@H](NC(=O)OC1CC(C)(C)CN1C(=O)c1cc(C(C)(C)C)nn1C)C(=O)C(=O)N[C@H](C)c1ccccc1. The summed E-state index contributed by atoms with van der Waals surface area (Å²) < 4.78 is 7.30. The number of Topliss-reactive ketones (excluding diaryl/α,β-unsaturated/α-hetero) is 1. The molecular weight excluding hydrogens is 522 g/mol. The van der Waals surface area contributed by atoms with E-state index in [-0.39, 0.29) is 22.8 Å². The molecule has 2 aromatic rings. The van der Waals surface area contributed by atoms with Crippen molar-refractivity contribution in [1.29, 1.82) is 0 Å². The zero-order valence-electron chi connectivity index (χ0n) is 25.6. The summed E-state index contributed by atoms with van der Waals surface area (Å²) in [4.78, 5) is 54.2. The average molecular weight is 568 g/mol. The van der Waals surface area contributed by atoms with Crippen LogP contribution in [0.3, 0.4) is 0 Å². The Kier molecular flexibility index (Phi) is 9.99. The van der Waals surface area contributed by atoms with Crippen molar-refractivity contribution in [2.75, 3.05) is 6.54 Å². The highest BCUT2D eigenvalue weighted by molar-refractivity contribution is 6.38. The van der Waals surface area contributed by atoms with Crippen molar-refractivity contribution in [3.05, 3.63) is 53.3 Å². The number of carbonyl (C=O) groups excluding carboxylic acids is 4. The zero-order chi connectivity index (χ0) is 30.5. The van der Waals surface area contributed by atoms with Gasteiger partial charge in [-0.05, 0) is 30.4 Å². The third-order valence-electron chi connectivity index (χ3n) is 7.37. The molecule has 10 nitrogen and oxygen atoms in total. The number of ether oxygens (including phenoxy) is 1. The molecule has 0 saturated carbocycles. The van der Waals surface area contributed by atoms with E-state index in [9.17, 15) is 19.2 Å². The lowest BCUT2D eigenvalue weighted by molar-refractivity contribution is -0.139. The molecular formula is C31H45N5O5. The minimum absolute atomic E-state index is 0.235. The average Bonchev–Trinajstić information content (AvgIpc) is 3.44. The number of unbranched alkanes of at least 4 members (excludes halogenated alkanes) is 1. The van der Waals surface area contributed by atoms with Crippen molar-refractivity contribution < 1.29 is 23.9 Å². The third-order valence-corrected chi connectivity index (χ3v) is 7.37. The third kappa shape index (κ3) is 8.17. The largest absolute Gasteiger partial charge is 0.425 e. The number of aryl methyl sites for hydroxylation is 1. The summed E-state index contributed by atoms with van der Waals surface area (Å²) in [5, 5.41) is 9.85. The minimum atomic E-state index is -1.05. The lowest BCUT2D eigenvalue weighted by Crippen LogP contribution is -2.49. The number of nitrogens with zero attached hydrogens (tertiary/aromatic N) is 3. The highest BCUT2D eigenvalue weighted by Crippen LogP contribution is 2.36. The normalized spacial score (nSPS) is 18.0. The number of hydrogen-bond donors (Lipinski definition) is 2. The number of hydrogen-bond acceptors (Lipinski definition) is 6. The highest BCUT2D eigenvalue weighted by Gasteiger charge is 2.44. The number of rotatable bonds is 10. The van der Waals surface area contributed by atoms with Crippen LogP contribution in [0, 0.1) is 5.41 Å². The Hall–Kier alpha value is -3.69. The van der Waals surface area contributed by atoms with Gasteiger partial charge in [-0.2, -0.15) is 5.10 Å². The van der Waals surface area contributed by atoms with Crippen LogP contribution in [-0.2, 0) is 26.8 Å². The molecule has 10 heteroatoms. The molecule has 1 aromatic heterocycles. The minimum Gasteiger partial charge on any atom is -0.425 e. The topological polar surface area (TPSA) is 123 Å². The Bertz CT molecular complexity index is 1250. The molecule has 2 N–H and O–H groups in total. The van der Waals surface area contributed by atoms with Gasteiger partial charge in [-0.15, -0.1) is 0 Å². The number of carbonyl (C=O) groups is 4. The Morgan fingerprint density at radius 2 is 1.78 bits per heavy atom. The number of likely N-dealkylation sites (tertiary alicyclic amines) is 1. The van der Waals surface area contributed by atoms with E-state index in [4.69, 9.17) is 4.74 Å². The summed E-state index contributed by atoms with van der Waals surface area (Å²) in [7, 11) is 1.72. The molecule has 1 saturated heterocycles. The van der Waals surface area contributed by atoms with Crippen LogP contribution in [0.15, 0.2) is 36.4 Å². The van der Waals surface area contributed by atoms with Gasteiger partial charge in [0.15, 0.2) is 6.23 Å². The molecule has 1 aromatic carbocycles. The van der Waals surface area contributed by atoms with E-state index in [2.05, 4.69) is 15.7 Å². The number of nitrogens with one attached hydrogen (secondary N) is 2. The van der Waals surface area contributed by atoms with Crippen LogP contribution in [-0.4, -0.2) is 57.2 Å². The number of alkyl carbamates (subject to hydrolysis) is 1. The molecule has 0 aliphatic carbocycles. The van der Waals surface area contributed by atoms with Gasteiger partial charge in [-0.1, -0.05) is 84.7 Å². The van der Waals surface area contributed by atoms with Crippen molar-refractivity contribution in [2.45, 2.75) is 97.9 Å². The standard InChI is InChI=1S/C31H45N5O5/c1-9-10-16-22(26(37)27(38)32-20(2)21-14-12-11-13-15-21)33-29(40)41-25-18-31(6,7)19-36(25)28(39)23-17-24(30(3,4)5)34-35(23)8/h11-15,17,20,22,25H,9-10,16,18-19H2,1-8H3,(H,32,38)(H,33,40)/t20-,22+,25?/m1/s1. The van der Waals surface area contributed by atoms with Crippen LogP contribution in [0.2, 0.25) is 0 Å². The summed E-state index contributed by atoms with van der Waals surface area (Å²) in [6.07, 6.45) is 0.460. The fraction of sp³-hybridized carbons (Fsp3) is 0.581. The van der Waals surface area contributed by atoms with Crippen molar-refractivity contribution in [1.82, 2.24) is 25.3 Å². The lowest BCUT2D eigenvalue weighted by atomic mass is 9.92. The predicted octanol–water partition coefficient (Wildman–Crippen LogP) is 4.65. The van der Waals surface area contributed by atoms with Gasteiger partial charge < -0.3 is 20.3 Å². The molecule has 2 heterocycles. The van der Waals surface area contributed by atoms with Crippen molar-refractivity contribution in [3.8, 4) is 0 Å². The molecule has 0 radical (unpaired) electrons. The molecule has 0 bridgehead atoms. The van der Waals surface area contributed by atoms with Crippen LogP contribution in [0.4, 0.5) is 4.79 Å². The van der Waals surface area contributed by atoms with Crippen LogP contribution >= 0.6 is 0 Å². The first kappa shape index (κ1) is 31.8. The van der Waals surface area contributed by atoms with Gasteiger partial charge in [-0.25, -0.2) is 4.79 Å². The molecule has 1 fully saturated rings. The van der Waals surface area contributed by atoms with E-state index in [1.807, 2.05) is 71.9 Å². The molecule has 3 amide bonds. The molecule has 224 valence electrons. The summed E-state index contributed by atoms with van der Waals surface area (Å²) in [6, 6.07) is 9.68. The van der Waals surface area contributed by atoms with E-state index in [1.54, 1.807) is 29.6 Å². The van der Waals surface area contributed by atoms with Crippen molar-refractivity contribution >= 4 is 23.7 Å². The maximum Gasteiger partial charge on any atom is 0.409 e. The molecule has 0 spiro atoms. The fourth-order valence-corrected chi connectivity index (χ4v) is 4.93. The first-order valence-corrected chi connectivity index (χ1v) is 14.3. The van der Waals surface area contributed by atoms with Crippen LogP contribution in [0.1, 0.15) is 102 Å². The second kappa shape index (κ2) is 12.9. The Labute approximate surface area is 243 Å². The Morgan fingerprint density at radius 3 is 2.37 bits per heavy atom. The second-order valence-corrected chi connectivity index (χ2v) is 12.8. The smallest absolute Gasteiger partial charge is 0.409 e. The van der Waals surface area contributed by atoms with E-state index in [1.165, 1.54) is 0 Å². The summed E-state index contributed by atoms with van der Waals surface area (Å²) >= 11 is 0. The quantitative estimate of drug-likeness (QED) is 0.403. The van der Waals surface area contributed by atoms with Gasteiger partial charge in [0.05, 0.1) is 11.7 Å². The van der Waals surface area contributed by atoms with E-state index >= 15 is 0 Å². The maximum atomic E-state index is 13.6. The maximum absolute atomic E-state index is 13.6. The summed E-state index contributed by atoms with van der Waals surface area (Å²) in [5.74, 6) is -1.79. The molecule has 3 atom stereocenters. The first-order valence-electron chi connectivity index (χ1n) is 14.3. The number of benzene rings is 1. The molecule has 1 aliphatic rings. The Morgan fingerprint density at radius 1 is 1.12 bits per heavy atom. The number of aromatic nitrogens is 2. The van der Waals surface area contributed by atoms with Gasteiger partial charge in [0.1, 0.15) is 11.7 Å². The monoisotopic (exact) mass is 567 g/mol. The van der Waals surface area contributed by atoms with Gasteiger partial charge in [0, 0.05) is 25.4 Å². The molecule has 41 heavy (non-hydrogen) atoms. The zero-order valence-corrected chi connectivity index (χ0v) is 25.6. The van der Waals surface area contributed by atoms with E-state index in [0.29, 0.717) is 31.5 Å².